The lowest BCUT2D eigenvalue weighted by molar-refractivity contribution is -0.861. The van der Waals surface area contributed by atoms with Gasteiger partial charge in [-0.05, 0) is 24.3 Å². The number of likely N-dealkylation sites (N-methyl/N-ethyl adjacent to an activating group) is 1. The third-order valence-corrected chi connectivity index (χ3v) is 5.50. The van der Waals surface area contributed by atoms with Crippen LogP contribution in [0, 0.1) is 0 Å². The molecule has 0 amide bonds. The van der Waals surface area contributed by atoms with E-state index in [-0.39, 0.29) is 11.4 Å². The highest BCUT2D eigenvalue weighted by Gasteiger charge is 2.29. The van der Waals surface area contributed by atoms with Crippen molar-refractivity contribution in [3.8, 4) is 5.75 Å². The molecular weight excluding hydrogens is 340 g/mol. The smallest absolute Gasteiger partial charge is 0.264 e. The van der Waals surface area contributed by atoms with Crippen LogP contribution in [0.4, 0.5) is 5.69 Å². The van der Waals surface area contributed by atoms with E-state index >= 15 is 0 Å². The van der Waals surface area contributed by atoms with Gasteiger partial charge in [-0.3, -0.25) is 4.31 Å². The number of aliphatic hydroxyl groups is 1. The summed E-state index contributed by atoms with van der Waals surface area (Å²) in [6, 6.07) is 15.1. The molecule has 136 valence electrons. The predicted octanol–water partition coefficient (Wildman–Crippen LogP) is 0.396. The van der Waals surface area contributed by atoms with E-state index in [0.29, 0.717) is 18.0 Å². The Balaban J connectivity index is 2.49. The summed E-state index contributed by atoms with van der Waals surface area (Å²) in [6.45, 7) is 0.374. The zero-order valence-electron chi connectivity index (χ0n) is 14.7. The lowest BCUT2D eigenvalue weighted by Crippen LogP contribution is -3.07. The Bertz CT molecular complexity index is 779. The molecule has 2 N–H and O–H groups in total. The summed E-state index contributed by atoms with van der Waals surface area (Å²) in [4.78, 5) is 1.20. The molecule has 2 aromatic rings. The van der Waals surface area contributed by atoms with Crippen LogP contribution in [0.3, 0.4) is 0 Å². The minimum Gasteiger partial charge on any atom is -0.495 e. The van der Waals surface area contributed by atoms with Gasteiger partial charge in [0.05, 0.1) is 38.3 Å². The average molecular weight is 365 g/mol. The molecule has 0 saturated heterocycles. The molecule has 2 aromatic carbocycles. The normalized spacial score (nSPS) is 12.8. The minimum absolute atomic E-state index is 0.0528. The van der Waals surface area contributed by atoms with Crippen LogP contribution < -0.4 is 13.9 Å². The second-order valence-corrected chi connectivity index (χ2v) is 7.95. The van der Waals surface area contributed by atoms with Gasteiger partial charge in [-0.2, -0.15) is 0 Å². The van der Waals surface area contributed by atoms with Gasteiger partial charge >= 0.3 is 0 Å². The first-order valence-electron chi connectivity index (χ1n) is 8.04. The Labute approximate surface area is 149 Å². The first-order valence-corrected chi connectivity index (χ1v) is 9.48. The Morgan fingerprint density at radius 1 is 1.08 bits per heavy atom. The summed E-state index contributed by atoms with van der Waals surface area (Å²) in [5, 5.41) is 10.4. The number of aliphatic hydroxyl groups excluding tert-OH is 1. The number of benzene rings is 2. The molecule has 0 bridgehead atoms. The van der Waals surface area contributed by atoms with Crippen molar-refractivity contribution in [2.24, 2.45) is 0 Å². The minimum atomic E-state index is -3.83. The largest absolute Gasteiger partial charge is 0.495 e. The third kappa shape index (κ3) is 4.72. The Morgan fingerprint density at radius 2 is 1.68 bits per heavy atom. The SMILES string of the molecule is COc1ccccc1N(C[C@H](O)C[NH+](C)C)S(=O)(=O)c1ccccc1. The summed E-state index contributed by atoms with van der Waals surface area (Å²) in [5.41, 5.74) is 0.404. The van der Waals surface area contributed by atoms with Crippen LogP contribution in [-0.4, -0.2) is 53.9 Å². The molecule has 0 radical (unpaired) electrons. The number of nitrogens with zero attached hydrogens (tertiary/aromatic N) is 1. The summed E-state index contributed by atoms with van der Waals surface area (Å²) in [7, 11) is 1.47. The Hall–Kier alpha value is -2.09. The Morgan fingerprint density at radius 3 is 2.28 bits per heavy atom. The van der Waals surface area contributed by atoms with E-state index in [4.69, 9.17) is 4.74 Å². The molecule has 0 aliphatic heterocycles. The second-order valence-electron chi connectivity index (χ2n) is 6.09. The number of sulfonamides is 1. The highest BCUT2D eigenvalue weighted by molar-refractivity contribution is 7.92. The first kappa shape index (κ1) is 19.2. The van der Waals surface area contributed by atoms with Crippen molar-refractivity contribution in [3.63, 3.8) is 0 Å². The summed E-state index contributed by atoms with van der Waals surface area (Å²) >= 11 is 0. The highest BCUT2D eigenvalue weighted by atomic mass is 32.2. The van der Waals surface area contributed by atoms with Crippen molar-refractivity contribution < 1.29 is 23.2 Å². The number of quaternary nitrogens is 1. The number of methoxy groups -OCH3 is 1. The summed E-state index contributed by atoms with van der Waals surface area (Å²) in [6.07, 6.45) is -0.812. The molecule has 25 heavy (non-hydrogen) atoms. The van der Waals surface area contributed by atoms with Crippen LogP contribution in [-0.2, 0) is 10.0 Å². The van der Waals surface area contributed by atoms with Gasteiger partial charge in [-0.15, -0.1) is 0 Å². The second kappa shape index (κ2) is 8.33. The van der Waals surface area contributed by atoms with Gasteiger partial charge in [0.25, 0.3) is 10.0 Å². The van der Waals surface area contributed by atoms with Gasteiger partial charge in [-0.1, -0.05) is 30.3 Å². The molecule has 7 heteroatoms. The van der Waals surface area contributed by atoms with Gasteiger partial charge < -0.3 is 14.7 Å². The van der Waals surface area contributed by atoms with Gasteiger partial charge in [0.15, 0.2) is 0 Å². The van der Waals surface area contributed by atoms with Crippen molar-refractivity contribution in [2.75, 3.05) is 38.6 Å². The lowest BCUT2D eigenvalue weighted by atomic mass is 10.2. The molecule has 0 aliphatic carbocycles. The molecule has 0 spiro atoms. The zero-order valence-corrected chi connectivity index (χ0v) is 15.5. The number of anilines is 1. The van der Waals surface area contributed by atoms with E-state index in [9.17, 15) is 13.5 Å². The van der Waals surface area contributed by atoms with Crippen molar-refractivity contribution >= 4 is 15.7 Å². The number of nitrogens with one attached hydrogen (secondary N) is 1. The summed E-state index contributed by atoms with van der Waals surface area (Å²) in [5.74, 6) is 0.436. The van der Waals surface area contributed by atoms with E-state index < -0.39 is 16.1 Å². The first-order chi connectivity index (χ1) is 11.9. The van der Waals surface area contributed by atoms with E-state index in [0.717, 1.165) is 4.90 Å². The van der Waals surface area contributed by atoms with Crippen molar-refractivity contribution in [3.05, 3.63) is 54.6 Å². The van der Waals surface area contributed by atoms with E-state index in [2.05, 4.69) is 0 Å². The molecule has 0 aliphatic rings. The average Bonchev–Trinajstić information content (AvgIpc) is 2.59. The van der Waals surface area contributed by atoms with Crippen LogP contribution in [0.2, 0.25) is 0 Å². The fraction of sp³-hybridized carbons (Fsp3) is 0.333. The van der Waals surface area contributed by atoms with E-state index in [1.54, 1.807) is 54.6 Å². The zero-order chi connectivity index (χ0) is 18.4. The van der Waals surface area contributed by atoms with Crippen LogP contribution >= 0.6 is 0 Å². The molecule has 6 nitrogen and oxygen atoms in total. The maximum Gasteiger partial charge on any atom is 0.264 e. The van der Waals surface area contributed by atoms with Crippen LogP contribution in [0.15, 0.2) is 59.5 Å². The van der Waals surface area contributed by atoms with E-state index in [1.165, 1.54) is 11.4 Å². The van der Waals surface area contributed by atoms with Crippen LogP contribution in [0.5, 0.6) is 5.75 Å². The molecule has 0 unspecified atom stereocenters. The lowest BCUT2D eigenvalue weighted by Gasteiger charge is -2.28. The number of para-hydroxylation sites is 2. The van der Waals surface area contributed by atoms with Crippen LogP contribution in [0.1, 0.15) is 0 Å². The van der Waals surface area contributed by atoms with Crippen molar-refractivity contribution in [1.29, 1.82) is 0 Å². The van der Waals surface area contributed by atoms with Crippen LogP contribution in [0.25, 0.3) is 0 Å². The topological polar surface area (TPSA) is 71.3 Å². The number of hydrogen-bond acceptors (Lipinski definition) is 4. The van der Waals surface area contributed by atoms with Gasteiger partial charge in [0.2, 0.25) is 0 Å². The van der Waals surface area contributed by atoms with Crippen molar-refractivity contribution in [2.45, 2.75) is 11.0 Å². The molecule has 0 saturated carbocycles. The third-order valence-electron chi connectivity index (χ3n) is 3.71. The van der Waals surface area contributed by atoms with Gasteiger partial charge in [0.1, 0.15) is 18.4 Å². The standard InChI is InChI=1S/C18H24N2O4S/c1-19(2)13-15(21)14-20(17-11-7-8-12-18(17)24-3)25(22,23)16-9-5-4-6-10-16/h4-12,15,21H,13-14H2,1-3H3/p+1/t15-/m1/s1. The number of hydrogen-bond donors (Lipinski definition) is 2. The number of rotatable bonds is 8. The molecule has 1 atom stereocenters. The molecule has 0 heterocycles. The fourth-order valence-corrected chi connectivity index (χ4v) is 4.14. The maximum absolute atomic E-state index is 13.2. The molecule has 0 fully saturated rings. The molecule has 0 aromatic heterocycles. The molecular formula is C18H25N2O4S+. The van der Waals surface area contributed by atoms with E-state index in [1.807, 2.05) is 14.1 Å². The summed E-state index contributed by atoms with van der Waals surface area (Å²) < 4.78 is 32.9. The quantitative estimate of drug-likeness (QED) is 0.710. The molecule has 2 rings (SSSR count). The Kier molecular flexibility index (Phi) is 6.41. The predicted molar refractivity (Wildman–Crippen MR) is 97.7 cm³/mol. The fourth-order valence-electron chi connectivity index (χ4n) is 2.61. The number of ether oxygens (including phenoxy) is 1. The van der Waals surface area contributed by atoms with Gasteiger partial charge in [-0.25, -0.2) is 8.42 Å². The maximum atomic E-state index is 13.2. The highest BCUT2D eigenvalue weighted by Crippen LogP contribution is 2.32. The van der Waals surface area contributed by atoms with Crippen molar-refractivity contribution in [1.82, 2.24) is 0 Å². The monoisotopic (exact) mass is 365 g/mol. The van der Waals surface area contributed by atoms with Gasteiger partial charge in [0, 0.05) is 0 Å².